The SMILES string of the molecule is CCc1ccc(OCc2nnc(SCC(=O)Nc3ccc(Br)cn3)n2CC)cc1. The van der Waals surface area contributed by atoms with Crippen molar-refractivity contribution in [1.82, 2.24) is 19.7 Å². The fraction of sp³-hybridized carbons (Fsp3) is 0.300. The van der Waals surface area contributed by atoms with Gasteiger partial charge in [0.05, 0.1) is 5.75 Å². The summed E-state index contributed by atoms with van der Waals surface area (Å²) in [5.41, 5.74) is 1.27. The molecular weight excluding hydrogens is 454 g/mol. The lowest BCUT2D eigenvalue weighted by Gasteiger charge is -2.09. The average molecular weight is 476 g/mol. The van der Waals surface area contributed by atoms with Gasteiger partial charge in [-0.05, 0) is 59.1 Å². The van der Waals surface area contributed by atoms with Crippen LogP contribution in [0.1, 0.15) is 25.2 Å². The Morgan fingerprint density at radius 2 is 1.97 bits per heavy atom. The number of aryl methyl sites for hydroxylation is 1. The Morgan fingerprint density at radius 3 is 2.62 bits per heavy atom. The molecule has 0 spiro atoms. The van der Waals surface area contributed by atoms with Gasteiger partial charge in [-0.1, -0.05) is 30.8 Å². The quantitative estimate of drug-likeness (QED) is 0.463. The highest BCUT2D eigenvalue weighted by molar-refractivity contribution is 9.10. The van der Waals surface area contributed by atoms with Crippen LogP contribution in [0.4, 0.5) is 5.82 Å². The molecule has 3 aromatic rings. The van der Waals surface area contributed by atoms with E-state index in [-0.39, 0.29) is 11.7 Å². The van der Waals surface area contributed by atoms with E-state index < -0.39 is 0 Å². The van der Waals surface area contributed by atoms with Crippen LogP contribution in [0.25, 0.3) is 0 Å². The number of carbonyl (C=O) groups is 1. The lowest BCUT2D eigenvalue weighted by Crippen LogP contribution is -2.15. The van der Waals surface area contributed by atoms with Crippen molar-refractivity contribution in [3.63, 3.8) is 0 Å². The lowest BCUT2D eigenvalue weighted by atomic mass is 10.2. The van der Waals surface area contributed by atoms with Gasteiger partial charge in [0.25, 0.3) is 0 Å². The van der Waals surface area contributed by atoms with Gasteiger partial charge < -0.3 is 14.6 Å². The molecule has 1 amide bonds. The summed E-state index contributed by atoms with van der Waals surface area (Å²) < 4.78 is 8.65. The van der Waals surface area contributed by atoms with E-state index in [9.17, 15) is 4.79 Å². The zero-order valence-electron chi connectivity index (χ0n) is 16.3. The molecule has 0 saturated carbocycles. The zero-order chi connectivity index (χ0) is 20.6. The fourth-order valence-corrected chi connectivity index (χ4v) is 3.63. The number of aromatic nitrogens is 4. The first-order chi connectivity index (χ1) is 14.1. The van der Waals surface area contributed by atoms with Crippen molar-refractivity contribution in [2.24, 2.45) is 0 Å². The van der Waals surface area contributed by atoms with Crippen LogP contribution in [-0.2, 0) is 24.4 Å². The molecule has 1 N–H and O–H groups in total. The van der Waals surface area contributed by atoms with Crippen LogP contribution < -0.4 is 10.1 Å². The van der Waals surface area contributed by atoms with Crippen molar-refractivity contribution in [2.45, 2.75) is 38.6 Å². The standard InChI is InChI=1S/C20H22BrN5O2S/c1-3-14-5-8-16(9-6-14)28-12-18-24-25-20(26(18)4-2)29-13-19(27)23-17-10-7-15(21)11-22-17/h5-11H,3-4,12-13H2,1-2H3,(H,22,23,27). The summed E-state index contributed by atoms with van der Waals surface area (Å²) in [6, 6.07) is 11.6. The number of halogens is 1. The number of ether oxygens (including phenoxy) is 1. The number of amides is 1. The number of hydrogen-bond donors (Lipinski definition) is 1. The van der Waals surface area contributed by atoms with E-state index in [4.69, 9.17) is 4.74 Å². The van der Waals surface area contributed by atoms with E-state index >= 15 is 0 Å². The van der Waals surface area contributed by atoms with Gasteiger partial charge in [-0.2, -0.15) is 0 Å². The molecule has 3 rings (SSSR count). The Labute approximate surface area is 182 Å². The second-order valence-corrected chi connectivity index (χ2v) is 7.99. The molecule has 152 valence electrons. The molecule has 0 aliphatic rings. The van der Waals surface area contributed by atoms with E-state index in [0.29, 0.717) is 24.1 Å². The first-order valence-corrected chi connectivity index (χ1v) is 11.0. The Balaban J connectivity index is 1.55. The predicted molar refractivity (Wildman–Crippen MR) is 117 cm³/mol. The molecule has 0 aliphatic carbocycles. The molecule has 29 heavy (non-hydrogen) atoms. The van der Waals surface area contributed by atoms with Gasteiger partial charge in [-0.25, -0.2) is 4.98 Å². The predicted octanol–water partition coefficient (Wildman–Crippen LogP) is 4.33. The monoisotopic (exact) mass is 475 g/mol. The number of nitrogens with zero attached hydrogens (tertiary/aromatic N) is 4. The largest absolute Gasteiger partial charge is 0.486 e. The minimum atomic E-state index is -0.149. The fourth-order valence-electron chi connectivity index (χ4n) is 2.58. The number of thioether (sulfide) groups is 1. The van der Waals surface area contributed by atoms with Crippen LogP contribution >= 0.6 is 27.7 Å². The molecule has 1 aromatic carbocycles. The van der Waals surface area contributed by atoms with Gasteiger partial charge >= 0.3 is 0 Å². The lowest BCUT2D eigenvalue weighted by molar-refractivity contribution is -0.113. The van der Waals surface area contributed by atoms with Gasteiger partial charge in [0.1, 0.15) is 18.2 Å². The average Bonchev–Trinajstić information content (AvgIpc) is 3.14. The third kappa shape index (κ3) is 6.04. The molecule has 0 unspecified atom stereocenters. The first kappa shape index (κ1) is 21.3. The van der Waals surface area contributed by atoms with Crippen molar-refractivity contribution in [2.75, 3.05) is 11.1 Å². The molecule has 0 saturated heterocycles. The Hall–Kier alpha value is -2.39. The first-order valence-electron chi connectivity index (χ1n) is 9.27. The summed E-state index contributed by atoms with van der Waals surface area (Å²) in [5, 5.41) is 11.9. The number of pyridine rings is 1. The van der Waals surface area contributed by atoms with Gasteiger partial charge in [0.15, 0.2) is 11.0 Å². The molecule has 0 radical (unpaired) electrons. The molecule has 0 aliphatic heterocycles. The number of rotatable bonds is 9. The van der Waals surface area contributed by atoms with E-state index in [1.54, 1.807) is 12.3 Å². The van der Waals surface area contributed by atoms with Crippen LogP contribution in [0.15, 0.2) is 52.2 Å². The van der Waals surface area contributed by atoms with Crippen LogP contribution in [0, 0.1) is 0 Å². The maximum atomic E-state index is 12.2. The highest BCUT2D eigenvalue weighted by Crippen LogP contribution is 2.20. The summed E-state index contributed by atoms with van der Waals surface area (Å²) in [4.78, 5) is 16.3. The van der Waals surface area contributed by atoms with Crippen molar-refractivity contribution in [3.8, 4) is 5.75 Å². The van der Waals surface area contributed by atoms with Gasteiger partial charge in [0, 0.05) is 17.2 Å². The number of benzene rings is 1. The smallest absolute Gasteiger partial charge is 0.236 e. The third-order valence-electron chi connectivity index (χ3n) is 4.14. The molecule has 0 atom stereocenters. The van der Waals surface area contributed by atoms with Crippen LogP contribution in [-0.4, -0.2) is 31.4 Å². The number of carbonyl (C=O) groups excluding carboxylic acids is 1. The van der Waals surface area contributed by atoms with Crippen LogP contribution in [0.5, 0.6) is 5.75 Å². The third-order valence-corrected chi connectivity index (χ3v) is 5.57. The van der Waals surface area contributed by atoms with E-state index in [1.165, 1.54) is 17.3 Å². The summed E-state index contributed by atoms with van der Waals surface area (Å²) in [6.07, 6.45) is 2.63. The van der Waals surface area contributed by atoms with Crippen molar-refractivity contribution in [3.05, 3.63) is 58.5 Å². The van der Waals surface area contributed by atoms with Gasteiger partial charge in [-0.3, -0.25) is 4.79 Å². The van der Waals surface area contributed by atoms with Crippen molar-refractivity contribution >= 4 is 39.4 Å². The Bertz CT molecular complexity index is 945. The second kappa shape index (κ2) is 10.4. The van der Waals surface area contributed by atoms with E-state index in [2.05, 4.69) is 55.5 Å². The molecule has 0 bridgehead atoms. The van der Waals surface area contributed by atoms with E-state index in [1.807, 2.05) is 29.7 Å². The molecule has 7 nitrogen and oxygen atoms in total. The number of nitrogens with one attached hydrogen (secondary N) is 1. The highest BCUT2D eigenvalue weighted by atomic mass is 79.9. The normalized spacial score (nSPS) is 10.7. The van der Waals surface area contributed by atoms with Gasteiger partial charge in [-0.15, -0.1) is 10.2 Å². The van der Waals surface area contributed by atoms with Gasteiger partial charge in [0.2, 0.25) is 5.91 Å². The van der Waals surface area contributed by atoms with E-state index in [0.717, 1.165) is 22.5 Å². The molecule has 2 heterocycles. The van der Waals surface area contributed by atoms with Crippen molar-refractivity contribution < 1.29 is 9.53 Å². The Kier molecular flexibility index (Phi) is 7.65. The van der Waals surface area contributed by atoms with Crippen LogP contribution in [0.3, 0.4) is 0 Å². The summed E-state index contributed by atoms with van der Waals surface area (Å²) in [6.45, 7) is 5.15. The van der Waals surface area contributed by atoms with Crippen LogP contribution in [0.2, 0.25) is 0 Å². The zero-order valence-corrected chi connectivity index (χ0v) is 18.7. The number of anilines is 1. The topological polar surface area (TPSA) is 81.9 Å². The minimum Gasteiger partial charge on any atom is -0.486 e. The highest BCUT2D eigenvalue weighted by Gasteiger charge is 2.14. The molecule has 2 aromatic heterocycles. The minimum absolute atomic E-state index is 0.149. The summed E-state index contributed by atoms with van der Waals surface area (Å²) in [5.74, 6) is 2.10. The second-order valence-electron chi connectivity index (χ2n) is 6.13. The van der Waals surface area contributed by atoms with Crippen molar-refractivity contribution in [1.29, 1.82) is 0 Å². The molecular formula is C20H22BrN5O2S. The molecule has 9 heteroatoms. The summed E-state index contributed by atoms with van der Waals surface area (Å²) >= 11 is 4.65. The summed E-state index contributed by atoms with van der Waals surface area (Å²) in [7, 11) is 0. The molecule has 0 fully saturated rings. The number of hydrogen-bond acceptors (Lipinski definition) is 6. The Morgan fingerprint density at radius 1 is 1.17 bits per heavy atom. The maximum Gasteiger partial charge on any atom is 0.236 e. The maximum absolute atomic E-state index is 12.2.